The third kappa shape index (κ3) is 4.15. The lowest BCUT2D eigenvalue weighted by Crippen LogP contribution is -2.61. The van der Waals surface area contributed by atoms with Crippen molar-refractivity contribution in [1.82, 2.24) is 5.32 Å². The molecule has 3 unspecified atom stereocenters. The number of halogens is 1. The molecule has 1 N–H and O–H groups in total. The molecule has 21 heavy (non-hydrogen) atoms. The number of aryl methyl sites for hydroxylation is 1. The lowest BCUT2D eigenvalue weighted by atomic mass is 9.85. The Balaban J connectivity index is 1.92. The highest BCUT2D eigenvalue weighted by Gasteiger charge is 2.43. The third-order valence-corrected chi connectivity index (χ3v) is 3.74. The van der Waals surface area contributed by atoms with Crippen LogP contribution in [0.4, 0.5) is 4.39 Å². The zero-order valence-corrected chi connectivity index (χ0v) is 12.9. The average molecular weight is 297 g/mol. The molecule has 0 bridgehead atoms. The van der Waals surface area contributed by atoms with Crippen molar-refractivity contribution >= 4 is 0 Å². The Hall–Kier alpha value is -1.17. The Morgan fingerprint density at radius 2 is 2.14 bits per heavy atom. The first-order chi connectivity index (χ1) is 10.2. The fourth-order valence-corrected chi connectivity index (χ4v) is 2.47. The van der Waals surface area contributed by atoms with Crippen molar-refractivity contribution in [3.8, 4) is 5.75 Å². The minimum Gasteiger partial charge on any atom is -0.487 e. The van der Waals surface area contributed by atoms with E-state index in [4.69, 9.17) is 14.2 Å². The van der Waals surface area contributed by atoms with Gasteiger partial charge in [-0.05, 0) is 25.1 Å². The quantitative estimate of drug-likeness (QED) is 0.747. The van der Waals surface area contributed by atoms with Gasteiger partial charge in [-0.3, -0.25) is 0 Å². The molecule has 0 radical (unpaired) electrons. The van der Waals surface area contributed by atoms with Gasteiger partial charge in [-0.2, -0.15) is 0 Å². The monoisotopic (exact) mass is 297 g/mol. The second-order valence-electron chi connectivity index (χ2n) is 5.30. The Kier molecular flexibility index (Phi) is 5.96. The van der Waals surface area contributed by atoms with E-state index in [1.807, 2.05) is 0 Å². The van der Waals surface area contributed by atoms with Crippen LogP contribution < -0.4 is 10.1 Å². The first kappa shape index (κ1) is 16.2. The summed E-state index contributed by atoms with van der Waals surface area (Å²) in [6.07, 6.45) is 0.790. The Morgan fingerprint density at radius 3 is 2.81 bits per heavy atom. The maximum absolute atomic E-state index is 13.6. The highest BCUT2D eigenvalue weighted by molar-refractivity contribution is 5.28. The predicted molar refractivity (Wildman–Crippen MR) is 79.3 cm³/mol. The number of hydrogen-bond acceptors (Lipinski definition) is 4. The third-order valence-electron chi connectivity index (χ3n) is 3.74. The van der Waals surface area contributed by atoms with Crippen LogP contribution in [0.3, 0.4) is 0 Å². The van der Waals surface area contributed by atoms with Crippen molar-refractivity contribution in [2.75, 3.05) is 26.9 Å². The van der Waals surface area contributed by atoms with Crippen molar-refractivity contribution in [2.24, 2.45) is 0 Å². The van der Waals surface area contributed by atoms with Crippen LogP contribution >= 0.6 is 0 Å². The highest BCUT2D eigenvalue weighted by atomic mass is 19.1. The van der Waals surface area contributed by atoms with Crippen molar-refractivity contribution in [1.29, 1.82) is 0 Å². The van der Waals surface area contributed by atoms with Crippen LogP contribution in [-0.2, 0) is 9.47 Å². The molecular formula is C16H24FNO3. The fourth-order valence-electron chi connectivity index (χ4n) is 2.47. The van der Waals surface area contributed by atoms with E-state index in [0.29, 0.717) is 24.5 Å². The van der Waals surface area contributed by atoms with Gasteiger partial charge in [-0.1, -0.05) is 13.0 Å². The van der Waals surface area contributed by atoms with Gasteiger partial charge in [-0.15, -0.1) is 0 Å². The lowest BCUT2D eigenvalue weighted by molar-refractivity contribution is -0.115. The van der Waals surface area contributed by atoms with E-state index < -0.39 is 0 Å². The Labute approximate surface area is 125 Å². The van der Waals surface area contributed by atoms with Gasteiger partial charge < -0.3 is 19.5 Å². The van der Waals surface area contributed by atoms with Gasteiger partial charge in [0.05, 0.1) is 13.2 Å². The van der Waals surface area contributed by atoms with Crippen LogP contribution in [0.15, 0.2) is 18.2 Å². The molecule has 0 heterocycles. The van der Waals surface area contributed by atoms with Gasteiger partial charge in [-0.25, -0.2) is 4.39 Å². The normalized spacial score (nSPS) is 24.7. The van der Waals surface area contributed by atoms with E-state index in [-0.39, 0.29) is 24.1 Å². The molecule has 0 spiro atoms. The number of hydrogen-bond donors (Lipinski definition) is 1. The minimum atomic E-state index is -0.244. The summed E-state index contributed by atoms with van der Waals surface area (Å²) in [6.45, 7) is 5.78. The summed E-state index contributed by atoms with van der Waals surface area (Å²) >= 11 is 0. The number of likely N-dealkylation sites (N-methyl/N-ethyl adjacent to an activating group) is 1. The minimum absolute atomic E-state index is 0.0236. The number of methoxy groups -OCH3 is 1. The summed E-state index contributed by atoms with van der Waals surface area (Å²) in [5.41, 5.74) is 0.620. The van der Waals surface area contributed by atoms with E-state index in [1.165, 1.54) is 6.07 Å². The maximum Gasteiger partial charge on any atom is 0.129 e. The van der Waals surface area contributed by atoms with Crippen LogP contribution in [0.1, 0.15) is 18.9 Å². The van der Waals surface area contributed by atoms with Gasteiger partial charge in [0.1, 0.15) is 23.8 Å². The van der Waals surface area contributed by atoms with Crippen molar-refractivity contribution in [3.63, 3.8) is 0 Å². The summed E-state index contributed by atoms with van der Waals surface area (Å²) in [5, 5.41) is 3.38. The van der Waals surface area contributed by atoms with Gasteiger partial charge in [0.25, 0.3) is 0 Å². The summed E-state index contributed by atoms with van der Waals surface area (Å²) in [4.78, 5) is 0. The molecule has 1 aromatic carbocycles. The lowest BCUT2D eigenvalue weighted by Gasteiger charge is -2.44. The molecule has 1 aliphatic carbocycles. The zero-order chi connectivity index (χ0) is 15.2. The molecule has 5 heteroatoms. The summed E-state index contributed by atoms with van der Waals surface area (Å²) in [6, 6.07) is 5.24. The van der Waals surface area contributed by atoms with Gasteiger partial charge >= 0.3 is 0 Å². The second kappa shape index (κ2) is 7.73. The molecule has 4 nitrogen and oxygen atoms in total. The topological polar surface area (TPSA) is 39.7 Å². The second-order valence-corrected chi connectivity index (χ2v) is 5.30. The average Bonchev–Trinajstić information content (AvgIpc) is 2.46. The summed E-state index contributed by atoms with van der Waals surface area (Å²) in [7, 11) is 1.65. The molecule has 3 atom stereocenters. The fraction of sp³-hybridized carbons (Fsp3) is 0.625. The number of rotatable bonds is 8. The van der Waals surface area contributed by atoms with Gasteiger partial charge in [0.15, 0.2) is 0 Å². The van der Waals surface area contributed by atoms with Crippen molar-refractivity contribution in [3.05, 3.63) is 29.6 Å². The molecule has 0 aromatic heterocycles. The molecule has 1 fully saturated rings. The van der Waals surface area contributed by atoms with Crippen LogP contribution in [0.25, 0.3) is 0 Å². The SMILES string of the molecule is CCNC1CC(Oc2ccc(C)c(F)c2)C1OCCOC. The Morgan fingerprint density at radius 1 is 1.33 bits per heavy atom. The maximum atomic E-state index is 13.6. The molecule has 2 rings (SSSR count). The van der Waals surface area contributed by atoms with Crippen LogP contribution in [0, 0.1) is 12.7 Å². The van der Waals surface area contributed by atoms with Crippen molar-refractivity contribution in [2.45, 2.75) is 38.5 Å². The van der Waals surface area contributed by atoms with E-state index in [0.717, 1.165) is 13.0 Å². The Bertz CT molecular complexity index is 455. The molecule has 1 aromatic rings. The summed E-state index contributed by atoms with van der Waals surface area (Å²) in [5.74, 6) is 0.310. The van der Waals surface area contributed by atoms with Crippen molar-refractivity contribution < 1.29 is 18.6 Å². The molecule has 0 saturated heterocycles. The molecular weight excluding hydrogens is 273 g/mol. The van der Waals surface area contributed by atoms with E-state index in [2.05, 4.69) is 12.2 Å². The smallest absolute Gasteiger partial charge is 0.129 e. The van der Waals surface area contributed by atoms with E-state index >= 15 is 0 Å². The molecule has 0 amide bonds. The first-order valence-electron chi connectivity index (χ1n) is 7.42. The predicted octanol–water partition coefficient (Wildman–Crippen LogP) is 2.29. The van der Waals surface area contributed by atoms with Crippen LogP contribution in [-0.4, -0.2) is 45.1 Å². The van der Waals surface area contributed by atoms with Crippen LogP contribution in [0.5, 0.6) is 5.75 Å². The zero-order valence-electron chi connectivity index (χ0n) is 12.9. The number of benzene rings is 1. The van der Waals surface area contributed by atoms with Gasteiger partial charge in [0, 0.05) is 25.6 Å². The van der Waals surface area contributed by atoms with E-state index in [9.17, 15) is 4.39 Å². The van der Waals surface area contributed by atoms with Gasteiger partial charge in [0.2, 0.25) is 0 Å². The molecule has 1 saturated carbocycles. The standard InChI is InChI=1S/C16H24FNO3/c1-4-18-14-10-15(16(14)20-8-7-19-3)21-12-6-5-11(2)13(17)9-12/h5-6,9,14-16,18H,4,7-8,10H2,1-3H3. The molecule has 118 valence electrons. The summed E-state index contributed by atoms with van der Waals surface area (Å²) < 4.78 is 30.2. The highest BCUT2D eigenvalue weighted by Crippen LogP contribution is 2.29. The first-order valence-corrected chi connectivity index (χ1v) is 7.42. The number of ether oxygens (including phenoxy) is 3. The largest absolute Gasteiger partial charge is 0.487 e. The molecule has 1 aliphatic rings. The molecule has 0 aliphatic heterocycles. The van der Waals surface area contributed by atoms with E-state index in [1.54, 1.807) is 26.2 Å². The van der Waals surface area contributed by atoms with Crippen LogP contribution in [0.2, 0.25) is 0 Å². The number of nitrogens with one attached hydrogen (secondary N) is 1.